The Hall–Kier alpha value is -3.19. The predicted molar refractivity (Wildman–Crippen MR) is 103 cm³/mol. The van der Waals surface area contributed by atoms with Gasteiger partial charge in [0.1, 0.15) is 0 Å². The van der Waals surface area contributed by atoms with Crippen molar-refractivity contribution in [3.63, 3.8) is 0 Å². The van der Waals surface area contributed by atoms with Crippen molar-refractivity contribution in [2.45, 2.75) is 13.3 Å². The summed E-state index contributed by atoms with van der Waals surface area (Å²) in [7, 11) is 0. The largest absolute Gasteiger partial charge is 0.452 e. The van der Waals surface area contributed by atoms with Crippen molar-refractivity contribution in [1.82, 2.24) is 5.32 Å². The third-order valence-corrected chi connectivity index (χ3v) is 4.44. The van der Waals surface area contributed by atoms with Gasteiger partial charge in [-0.3, -0.25) is 14.4 Å². The van der Waals surface area contributed by atoms with E-state index in [2.05, 4.69) is 5.32 Å². The zero-order valence-electron chi connectivity index (χ0n) is 15.0. The lowest BCUT2D eigenvalue weighted by molar-refractivity contribution is -0.124. The second kappa shape index (κ2) is 8.22. The number of anilines is 1. The van der Waals surface area contributed by atoms with Crippen LogP contribution in [0.3, 0.4) is 0 Å². The average molecular weight is 401 g/mol. The van der Waals surface area contributed by atoms with E-state index in [0.717, 1.165) is 11.3 Å². The molecule has 0 bridgehead atoms. The lowest BCUT2D eigenvalue weighted by Gasteiger charge is -2.15. The standard InChI is InChI=1S/C20H17ClN2O5/c1-2-9-22-17(24)11-28-20(27)12-7-8-13-14(10-12)19(26)23(18(13)25)16-6-4-3-5-15(16)21/h3-8,10H,2,9,11H2,1H3,(H,22,24). The van der Waals surface area contributed by atoms with Gasteiger partial charge in [0, 0.05) is 6.54 Å². The van der Waals surface area contributed by atoms with Crippen LogP contribution in [-0.4, -0.2) is 36.8 Å². The van der Waals surface area contributed by atoms with Gasteiger partial charge in [-0.15, -0.1) is 0 Å². The van der Waals surface area contributed by atoms with Gasteiger partial charge in [-0.2, -0.15) is 0 Å². The van der Waals surface area contributed by atoms with E-state index < -0.39 is 30.3 Å². The minimum Gasteiger partial charge on any atom is -0.452 e. The van der Waals surface area contributed by atoms with Gasteiger partial charge in [0.15, 0.2) is 6.61 Å². The molecule has 0 fully saturated rings. The summed E-state index contributed by atoms with van der Waals surface area (Å²) in [5.41, 5.74) is 0.591. The summed E-state index contributed by atoms with van der Waals surface area (Å²) in [6.45, 7) is 1.97. The fraction of sp³-hybridized carbons (Fsp3) is 0.200. The Morgan fingerprint density at radius 3 is 2.50 bits per heavy atom. The van der Waals surface area contributed by atoms with Crippen LogP contribution in [-0.2, 0) is 9.53 Å². The number of fused-ring (bicyclic) bond motifs is 1. The Morgan fingerprint density at radius 1 is 1.07 bits per heavy atom. The van der Waals surface area contributed by atoms with E-state index in [1.165, 1.54) is 18.2 Å². The molecule has 0 aromatic heterocycles. The van der Waals surface area contributed by atoms with Crippen molar-refractivity contribution in [2.24, 2.45) is 0 Å². The molecule has 0 radical (unpaired) electrons. The highest BCUT2D eigenvalue weighted by Gasteiger charge is 2.38. The molecule has 8 heteroatoms. The number of ether oxygens (including phenoxy) is 1. The van der Waals surface area contributed by atoms with E-state index in [9.17, 15) is 19.2 Å². The molecule has 2 aromatic rings. The zero-order valence-corrected chi connectivity index (χ0v) is 15.8. The molecule has 1 N–H and O–H groups in total. The fourth-order valence-electron chi connectivity index (χ4n) is 2.75. The zero-order chi connectivity index (χ0) is 20.3. The summed E-state index contributed by atoms with van der Waals surface area (Å²) in [6.07, 6.45) is 0.766. The molecule has 0 saturated carbocycles. The van der Waals surface area contributed by atoms with E-state index in [0.29, 0.717) is 6.54 Å². The second-order valence-electron chi connectivity index (χ2n) is 6.08. The highest BCUT2D eigenvalue weighted by atomic mass is 35.5. The van der Waals surface area contributed by atoms with Crippen molar-refractivity contribution in [3.8, 4) is 0 Å². The van der Waals surface area contributed by atoms with Gasteiger partial charge >= 0.3 is 5.97 Å². The maximum atomic E-state index is 12.7. The Bertz CT molecular complexity index is 973. The molecule has 0 spiro atoms. The predicted octanol–water partition coefficient (Wildman–Crippen LogP) is 2.82. The van der Waals surface area contributed by atoms with Crippen LogP contribution in [0.4, 0.5) is 5.69 Å². The van der Waals surface area contributed by atoms with Crippen molar-refractivity contribution >= 4 is 41.0 Å². The maximum absolute atomic E-state index is 12.7. The Morgan fingerprint density at radius 2 is 1.79 bits per heavy atom. The lowest BCUT2D eigenvalue weighted by atomic mass is 10.1. The van der Waals surface area contributed by atoms with Crippen LogP contribution in [0.5, 0.6) is 0 Å². The molecule has 0 atom stereocenters. The molecular formula is C20H17ClN2O5. The van der Waals surface area contributed by atoms with E-state index in [1.807, 2.05) is 6.92 Å². The number of carbonyl (C=O) groups excluding carboxylic acids is 4. The van der Waals surface area contributed by atoms with Gasteiger partial charge in [-0.25, -0.2) is 9.69 Å². The van der Waals surface area contributed by atoms with Crippen LogP contribution in [0.2, 0.25) is 5.02 Å². The fourth-order valence-corrected chi connectivity index (χ4v) is 2.97. The number of nitrogens with zero attached hydrogens (tertiary/aromatic N) is 1. The average Bonchev–Trinajstić information content (AvgIpc) is 2.95. The van der Waals surface area contributed by atoms with Crippen molar-refractivity contribution in [3.05, 3.63) is 64.2 Å². The topological polar surface area (TPSA) is 92.8 Å². The number of carbonyl (C=O) groups is 4. The quantitative estimate of drug-likeness (QED) is 0.594. The third kappa shape index (κ3) is 3.75. The van der Waals surface area contributed by atoms with Crippen molar-refractivity contribution in [1.29, 1.82) is 0 Å². The smallest absolute Gasteiger partial charge is 0.338 e. The summed E-state index contributed by atoms with van der Waals surface area (Å²) in [5, 5.41) is 2.85. The number of esters is 1. The van der Waals surface area contributed by atoms with Crippen molar-refractivity contribution in [2.75, 3.05) is 18.1 Å². The molecular weight excluding hydrogens is 384 g/mol. The van der Waals surface area contributed by atoms with Crippen LogP contribution in [0.1, 0.15) is 44.4 Å². The number of hydrogen-bond donors (Lipinski definition) is 1. The highest BCUT2D eigenvalue weighted by Crippen LogP contribution is 2.33. The Labute approximate surface area is 166 Å². The van der Waals surface area contributed by atoms with E-state index in [-0.39, 0.29) is 27.4 Å². The van der Waals surface area contributed by atoms with Crippen molar-refractivity contribution < 1.29 is 23.9 Å². The molecule has 0 unspecified atom stereocenters. The first-order valence-electron chi connectivity index (χ1n) is 8.65. The number of nitrogens with one attached hydrogen (secondary N) is 1. The molecule has 7 nitrogen and oxygen atoms in total. The molecule has 3 amide bonds. The molecule has 1 heterocycles. The number of benzene rings is 2. The van der Waals surface area contributed by atoms with Gasteiger partial charge in [0.05, 0.1) is 27.4 Å². The molecule has 1 aliphatic rings. The van der Waals surface area contributed by atoms with Gasteiger partial charge in [0.25, 0.3) is 17.7 Å². The molecule has 2 aromatic carbocycles. The number of rotatable bonds is 6. The van der Waals surface area contributed by atoms with Crippen LogP contribution in [0, 0.1) is 0 Å². The summed E-state index contributed by atoms with van der Waals surface area (Å²) >= 11 is 6.11. The van der Waals surface area contributed by atoms with Crippen LogP contribution in [0.15, 0.2) is 42.5 Å². The lowest BCUT2D eigenvalue weighted by Crippen LogP contribution is -2.29. The molecule has 144 valence electrons. The van der Waals surface area contributed by atoms with Gasteiger partial charge in [0.2, 0.25) is 0 Å². The maximum Gasteiger partial charge on any atom is 0.338 e. The molecule has 3 rings (SSSR count). The first kappa shape index (κ1) is 19.6. The van der Waals surface area contributed by atoms with Crippen LogP contribution >= 0.6 is 11.6 Å². The number of imide groups is 1. The minimum absolute atomic E-state index is 0.0733. The number of halogens is 1. The summed E-state index contributed by atoms with van der Waals surface area (Å²) in [6, 6.07) is 10.6. The van der Waals surface area contributed by atoms with Gasteiger partial charge < -0.3 is 10.1 Å². The minimum atomic E-state index is -0.758. The monoisotopic (exact) mass is 400 g/mol. The summed E-state index contributed by atoms with van der Waals surface area (Å²) < 4.78 is 4.96. The van der Waals surface area contributed by atoms with Crippen LogP contribution in [0.25, 0.3) is 0 Å². The third-order valence-electron chi connectivity index (χ3n) is 4.12. The van der Waals surface area contributed by atoms with E-state index >= 15 is 0 Å². The number of hydrogen-bond acceptors (Lipinski definition) is 5. The highest BCUT2D eigenvalue weighted by molar-refractivity contribution is 6.39. The normalized spacial score (nSPS) is 12.7. The van der Waals surface area contributed by atoms with E-state index in [4.69, 9.17) is 16.3 Å². The number of amides is 3. The van der Waals surface area contributed by atoms with Gasteiger partial charge in [-0.1, -0.05) is 30.7 Å². The summed E-state index contributed by atoms with van der Waals surface area (Å²) in [5.74, 6) is -2.27. The Kier molecular flexibility index (Phi) is 5.75. The van der Waals surface area contributed by atoms with E-state index in [1.54, 1.807) is 24.3 Å². The number of para-hydroxylation sites is 1. The van der Waals surface area contributed by atoms with Gasteiger partial charge in [-0.05, 0) is 36.8 Å². The molecule has 0 saturated heterocycles. The summed E-state index contributed by atoms with van der Waals surface area (Å²) in [4.78, 5) is 50.1. The Balaban J connectivity index is 1.79. The first-order chi connectivity index (χ1) is 13.4. The molecule has 28 heavy (non-hydrogen) atoms. The SMILES string of the molecule is CCCNC(=O)COC(=O)c1ccc2c(c1)C(=O)N(c1ccccc1Cl)C2=O. The molecule has 1 aliphatic heterocycles. The molecule has 0 aliphatic carbocycles. The first-order valence-corrected chi connectivity index (χ1v) is 9.03. The second-order valence-corrected chi connectivity index (χ2v) is 6.49. The van der Waals surface area contributed by atoms with Crippen LogP contribution < -0.4 is 10.2 Å².